The number of likely N-dealkylation sites (tertiary alicyclic amines) is 1. The van der Waals surface area contributed by atoms with Gasteiger partial charge in [-0.15, -0.1) is 0 Å². The molecular weight excluding hydrogens is 348 g/mol. The highest BCUT2D eigenvalue weighted by molar-refractivity contribution is 5.88. The molecular formula is C20H28N2O5. The second-order valence-electron chi connectivity index (χ2n) is 7.67. The first-order valence-electron chi connectivity index (χ1n) is 9.11. The fourth-order valence-corrected chi connectivity index (χ4v) is 2.87. The van der Waals surface area contributed by atoms with Crippen LogP contribution in [0.1, 0.15) is 39.2 Å². The van der Waals surface area contributed by atoms with Crippen molar-refractivity contribution in [1.82, 2.24) is 9.80 Å². The number of likely N-dealkylation sites (N-methyl/N-ethyl adjacent to an activating group) is 1. The highest BCUT2D eigenvalue weighted by atomic mass is 16.6. The third kappa shape index (κ3) is 6.27. The van der Waals surface area contributed by atoms with Gasteiger partial charge in [0.1, 0.15) is 24.8 Å². The van der Waals surface area contributed by atoms with Gasteiger partial charge in [-0.3, -0.25) is 4.79 Å². The van der Waals surface area contributed by atoms with E-state index in [1.54, 1.807) is 20.8 Å². The number of hydrogen-bond donors (Lipinski definition) is 0. The molecule has 2 amide bonds. The summed E-state index contributed by atoms with van der Waals surface area (Å²) in [4.78, 5) is 39.7. The second-order valence-corrected chi connectivity index (χ2v) is 7.67. The fraction of sp³-hybridized carbons (Fsp3) is 0.550. The van der Waals surface area contributed by atoms with Crippen LogP contribution in [0.4, 0.5) is 4.79 Å². The fourth-order valence-electron chi connectivity index (χ4n) is 2.87. The molecule has 1 heterocycles. The molecule has 27 heavy (non-hydrogen) atoms. The maximum atomic E-state index is 12.6. The van der Waals surface area contributed by atoms with Gasteiger partial charge in [0, 0.05) is 13.6 Å². The Labute approximate surface area is 160 Å². The minimum atomic E-state index is -0.605. The van der Waals surface area contributed by atoms with Crippen LogP contribution in [0.5, 0.6) is 0 Å². The molecule has 0 aliphatic carbocycles. The minimum Gasteiger partial charge on any atom is -0.458 e. The summed E-state index contributed by atoms with van der Waals surface area (Å²) in [7, 11) is 1.50. The molecule has 0 saturated carbocycles. The highest BCUT2D eigenvalue weighted by Gasteiger charge is 2.37. The van der Waals surface area contributed by atoms with Crippen molar-refractivity contribution in [1.29, 1.82) is 0 Å². The summed E-state index contributed by atoms with van der Waals surface area (Å²) in [6.07, 6.45) is 0.723. The molecule has 0 N–H and O–H groups in total. The Morgan fingerprint density at radius 2 is 1.85 bits per heavy atom. The van der Waals surface area contributed by atoms with Gasteiger partial charge in [-0.1, -0.05) is 30.3 Å². The van der Waals surface area contributed by atoms with E-state index in [4.69, 9.17) is 9.47 Å². The normalized spacial score (nSPS) is 16.7. The lowest BCUT2D eigenvalue weighted by Gasteiger charge is -2.28. The first kappa shape index (κ1) is 20.7. The Kier molecular flexibility index (Phi) is 6.82. The van der Waals surface area contributed by atoms with Crippen molar-refractivity contribution in [3.63, 3.8) is 0 Å². The molecule has 2 rings (SSSR count). The monoisotopic (exact) mass is 376 g/mol. The largest absolute Gasteiger partial charge is 0.458 e. The van der Waals surface area contributed by atoms with Gasteiger partial charge < -0.3 is 19.3 Å². The van der Waals surface area contributed by atoms with E-state index in [2.05, 4.69) is 0 Å². The molecule has 1 aromatic carbocycles. The summed E-state index contributed by atoms with van der Waals surface area (Å²) in [5.74, 6) is -0.690. The Hall–Kier alpha value is -2.57. The number of amides is 2. The molecule has 1 aromatic rings. The molecule has 1 aliphatic rings. The van der Waals surface area contributed by atoms with Crippen molar-refractivity contribution >= 4 is 18.0 Å². The van der Waals surface area contributed by atoms with Crippen molar-refractivity contribution in [2.75, 3.05) is 20.1 Å². The maximum Gasteiger partial charge on any atom is 0.410 e. The number of ether oxygens (including phenoxy) is 2. The number of nitrogens with zero attached hydrogens (tertiary/aromatic N) is 2. The van der Waals surface area contributed by atoms with Gasteiger partial charge in [-0.25, -0.2) is 9.59 Å². The average molecular weight is 376 g/mol. The van der Waals surface area contributed by atoms with Crippen molar-refractivity contribution in [2.24, 2.45) is 0 Å². The predicted octanol–water partition coefficient (Wildman–Crippen LogP) is 2.59. The van der Waals surface area contributed by atoms with Crippen molar-refractivity contribution < 1.29 is 23.9 Å². The quantitative estimate of drug-likeness (QED) is 0.739. The van der Waals surface area contributed by atoms with Crippen LogP contribution in [0.2, 0.25) is 0 Å². The van der Waals surface area contributed by atoms with Crippen molar-refractivity contribution in [3.05, 3.63) is 35.9 Å². The molecule has 1 fully saturated rings. The second kappa shape index (κ2) is 8.88. The Morgan fingerprint density at radius 1 is 1.19 bits per heavy atom. The predicted molar refractivity (Wildman–Crippen MR) is 99.8 cm³/mol. The summed E-state index contributed by atoms with van der Waals surface area (Å²) >= 11 is 0. The maximum absolute atomic E-state index is 12.6. The number of esters is 1. The molecule has 0 radical (unpaired) electrons. The lowest BCUT2D eigenvalue weighted by atomic mass is 10.1. The smallest absolute Gasteiger partial charge is 0.410 e. The lowest BCUT2D eigenvalue weighted by molar-refractivity contribution is -0.163. The summed E-state index contributed by atoms with van der Waals surface area (Å²) in [5.41, 5.74) is 0.266. The van der Waals surface area contributed by atoms with Gasteiger partial charge in [0.25, 0.3) is 0 Å². The highest BCUT2D eigenvalue weighted by Crippen LogP contribution is 2.21. The van der Waals surface area contributed by atoms with Crippen LogP contribution >= 0.6 is 0 Å². The van der Waals surface area contributed by atoms with E-state index < -0.39 is 23.7 Å². The van der Waals surface area contributed by atoms with Crippen molar-refractivity contribution in [3.8, 4) is 0 Å². The van der Waals surface area contributed by atoms with E-state index >= 15 is 0 Å². The number of benzene rings is 1. The Morgan fingerprint density at radius 3 is 2.48 bits per heavy atom. The first-order chi connectivity index (χ1) is 12.7. The topological polar surface area (TPSA) is 76.2 Å². The number of carbonyl (C=O) groups is 3. The van der Waals surface area contributed by atoms with Gasteiger partial charge in [-0.2, -0.15) is 0 Å². The van der Waals surface area contributed by atoms with Crippen LogP contribution in [0.15, 0.2) is 30.3 Å². The van der Waals surface area contributed by atoms with Gasteiger partial charge >= 0.3 is 12.1 Å². The van der Waals surface area contributed by atoms with Gasteiger partial charge in [0.2, 0.25) is 5.91 Å². The van der Waals surface area contributed by atoms with E-state index in [0.717, 1.165) is 12.0 Å². The zero-order valence-corrected chi connectivity index (χ0v) is 16.4. The molecule has 1 atom stereocenters. The summed E-state index contributed by atoms with van der Waals surface area (Å²) in [6.45, 7) is 5.86. The van der Waals surface area contributed by atoms with Crippen LogP contribution in [-0.2, 0) is 25.7 Å². The number of hydrogen-bond acceptors (Lipinski definition) is 5. The van der Waals surface area contributed by atoms with Gasteiger partial charge in [0.05, 0.1) is 0 Å². The molecule has 7 nitrogen and oxygen atoms in total. The van der Waals surface area contributed by atoms with Crippen LogP contribution in [-0.4, -0.2) is 59.5 Å². The van der Waals surface area contributed by atoms with E-state index in [1.807, 2.05) is 30.3 Å². The van der Waals surface area contributed by atoms with E-state index in [1.165, 1.54) is 16.8 Å². The third-order valence-electron chi connectivity index (χ3n) is 4.14. The molecule has 0 unspecified atom stereocenters. The molecule has 0 spiro atoms. The SMILES string of the molecule is CN(CC(=O)N1CCC[C@H]1C(=O)OC(C)(C)C)C(=O)OCc1ccccc1. The van der Waals surface area contributed by atoms with Crippen LogP contribution in [0.25, 0.3) is 0 Å². The van der Waals surface area contributed by atoms with E-state index in [9.17, 15) is 14.4 Å². The molecule has 0 bridgehead atoms. The third-order valence-corrected chi connectivity index (χ3v) is 4.14. The van der Waals surface area contributed by atoms with Gasteiger partial charge in [0.15, 0.2) is 0 Å². The molecule has 148 valence electrons. The summed E-state index contributed by atoms with van der Waals surface area (Å²) in [5, 5.41) is 0. The summed E-state index contributed by atoms with van der Waals surface area (Å²) < 4.78 is 10.6. The number of carbonyl (C=O) groups excluding carboxylic acids is 3. The molecule has 1 aliphatic heterocycles. The van der Waals surface area contributed by atoms with Crippen LogP contribution in [0, 0.1) is 0 Å². The molecule has 1 saturated heterocycles. The lowest BCUT2D eigenvalue weighted by Crippen LogP contribution is -2.47. The molecule has 7 heteroatoms. The van der Waals surface area contributed by atoms with Crippen LogP contribution < -0.4 is 0 Å². The Balaban J connectivity index is 1.87. The standard InChI is InChI=1S/C20H28N2O5/c1-20(2,3)27-18(24)16-11-8-12-22(16)17(23)13-21(4)19(25)26-14-15-9-6-5-7-10-15/h5-7,9-10,16H,8,11-14H2,1-4H3/t16-/m0/s1. The zero-order chi connectivity index (χ0) is 20.0. The average Bonchev–Trinajstić information content (AvgIpc) is 3.09. The van der Waals surface area contributed by atoms with Crippen molar-refractivity contribution in [2.45, 2.75) is 51.9 Å². The van der Waals surface area contributed by atoms with Crippen LogP contribution in [0.3, 0.4) is 0 Å². The summed E-state index contributed by atoms with van der Waals surface area (Å²) in [6, 6.07) is 8.72. The number of rotatable bonds is 5. The molecule has 0 aromatic heterocycles. The Bertz CT molecular complexity index is 669. The zero-order valence-electron chi connectivity index (χ0n) is 16.4. The minimum absolute atomic E-state index is 0.141. The van der Waals surface area contributed by atoms with E-state index in [-0.39, 0.29) is 19.1 Å². The van der Waals surface area contributed by atoms with E-state index in [0.29, 0.717) is 13.0 Å². The van der Waals surface area contributed by atoms with Gasteiger partial charge in [-0.05, 0) is 39.2 Å². The first-order valence-corrected chi connectivity index (χ1v) is 9.11.